The molecule has 2 aromatic carbocycles. The SMILES string of the molecule is O=C1OC2(C3=C(Cl)C(Cl)C(O)(Cl)C=C3Oc3cc(O)ccc32)c2c(Cl)cccc21. The predicted octanol–water partition coefficient (Wildman–Crippen LogP) is 4.78. The third-order valence-electron chi connectivity index (χ3n) is 5.14. The molecule has 2 N–H and O–H groups in total. The van der Waals surface area contributed by atoms with E-state index in [4.69, 9.17) is 55.9 Å². The second kappa shape index (κ2) is 6.06. The molecule has 0 saturated heterocycles. The lowest BCUT2D eigenvalue weighted by Gasteiger charge is -2.42. The Kier molecular flexibility index (Phi) is 3.99. The maximum absolute atomic E-state index is 12.8. The van der Waals surface area contributed by atoms with Crippen LogP contribution < -0.4 is 4.74 Å². The van der Waals surface area contributed by atoms with Gasteiger partial charge in [0.2, 0.25) is 0 Å². The minimum atomic E-state index is -2.04. The third-order valence-corrected chi connectivity index (χ3v) is 6.97. The number of rotatable bonds is 0. The molecule has 9 heteroatoms. The van der Waals surface area contributed by atoms with Gasteiger partial charge in [-0.3, -0.25) is 0 Å². The Balaban J connectivity index is 1.95. The van der Waals surface area contributed by atoms with Crippen molar-refractivity contribution >= 4 is 52.4 Å². The van der Waals surface area contributed by atoms with Crippen LogP contribution in [0.3, 0.4) is 0 Å². The molecule has 29 heavy (non-hydrogen) atoms. The summed E-state index contributed by atoms with van der Waals surface area (Å²) in [6.07, 6.45) is 1.19. The first kappa shape index (κ1) is 19.1. The van der Waals surface area contributed by atoms with Crippen molar-refractivity contribution < 1.29 is 24.5 Å². The van der Waals surface area contributed by atoms with Crippen molar-refractivity contribution in [3.05, 3.63) is 80.6 Å². The first-order valence-corrected chi connectivity index (χ1v) is 9.96. The van der Waals surface area contributed by atoms with Gasteiger partial charge in [0.1, 0.15) is 22.6 Å². The minimum Gasteiger partial charge on any atom is -0.508 e. The zero-order valence-corrected chi connectivity index (χ0v) is 17.3. The average molecular weight is 472 g/mol. The largest absolute Gasteiger partial charge is 0.508 e. The fourth-order valence-corrected chi connectivity index (χ4v) is 5.11. The monoisotopic (exact) mass is 470 g/mol. The van der Waals surface area contributed by atoms with Gasteiger partial charge in [-0.15, -0.1) is 11.6 Å². The zero-order chi connectivity index (χ0) is 20.7. The molecule has 2 aliphatic heterocycles. The Morgan fingerprint density at radius 1 is 1.14 bits per heavy atom. The Morgan fingerprint density at radius 2 is 1.90 bits per heavy atom. The standard InChI is InChI=1S/C20H10Cl4O5/c21-11-3-1-2-9-14(11)20(29-18(9)26)10-5-4-8(25)6-12(10)28-13-7-19(24,27)17(23)16(22)15(13)20/h1-7,17,25,27H. The van der Waals surface area contributed by atoms with Crippen molar-refractivity contribution in [2.24, 2.45) is 0 Å². The number of esters is 1. The molecule has 0 radical (unpaired) electrons. The van der Waals surface area contributed by atoms with E-state index in [9.17, 15) is 15.0 Å². The lowest BCUT2D eigenvalue weighted by Crippen LogP contribution is -2.44. The van der Waals surface area contributed by atoms with Crippen LogP contribution in [0.4, 0.5) is 0 Å². The number of hydrogen-bond donors (Lipinski definition) is 2. The molecule has 3 unspecified atom stereocenters. The van der Waals surface area contributed by atoms with Gasteiger partial charge in [-0.05, 0) is 24.3 Å². The summed E-state index contributed by atoms with van der Waals surface area (Å²) in [5, 5.41) is 17.3. The van der Waals surface area contributed by atoms with Gasteiger partial charge in [-0.1, -0.05) is 40.9 Å². The lowest BCUT2D eigenvalue weighted by atomic mass is 9.74. The van der Waals surface area contributed by atoms with Gasteiger partial charge in [-0.2, -0.15) is 0 Å². The molecule has 0 fully saturated rings. The van der Waals surface area contributed by atoms with Crippen molar-refractivity contribution in [2.45, 2.75) is 16.0 Å². The van der Waals surface area contributed by atoms with Crippen LogP contribution in [0.2, 0.25) is 5.02 Å². The summed E-state index contributed by atoms with van der Waals surface area (Å²) < 4.78 is 11.8. The summed E-state index contributed by atoms with van der Waals surface area (Å²) in [5.41, 5.74) is -0.361. The van der Waals surface area contributed by atoms with E-state index in [1.54, 1.807) is 24.3 Å². The van der Waals surface area contributed by atoms with Crippen LogP contribution in [0, 0.1) is 0 Å². The van der Waals surface area contributed by atoms with Gasteiger partial charge in [0.15, 0.2) is 10.7 Å². The van der Waals surface area contributed by atoms with Crippen molar-refractivity contribution in [2.75, 3.05) is 0 Å². The van der Waals surface area contributed by atoms with Gasteiger partial charge >= 0.3 is 5.97 Å². The fourth-order valence-electron chi connectivity index (χ4n) is 3.98. The number of phenolic OH excluding ortho intramolecular Hbond substituents is 1. The molecule has 5 nitrogen and oxygen atoms in total. The lowest BCUT2D eigenvalue weighted by molar-refractivity contribution is 0.0192. The van der Waals surface area contributed by atoms with Crippen molar-refractivity contribution in [3.8, 4) is 11.5 Å². The molecule has 0 saturated carbocycles. The van der Waals surface area contributed by atoms with Crippen molar-refractivity contribution in [3.63, 3.8) is 0 Å². The summed E-state index contributed by atoms with van der Waals surface area (Å²) in [6, 6.07) is 9.17. The number of halogens is 4. The molecule has 148 valence electrons. The van der Waals surface area contributed by atoms with E-state index < -0.39 is 22.0 Å². The third kappa shape index (κ3) is 2.43. The summed E-state index contributed by atoms with van der Waals surface area (Å²) in [6.45, 7) is 0. The number of fused-ring (bicyclic) bond motifs is 6. The smallest absolute Gasteiger partial charge is 0.340 e. The van der Waals surface area contributed by atoms with Gasteiger partial charge < -0.3 is 19.7 Å². The zero-order valence-electron chi connectivity index (χ0n) is 14.2. The number of carbonyl (C=O) groups excluding carboxylic acids is 1. The van der Waals surface area contributed by atoms with Gasteiger partial charge in [0.05, 0.1) is 16.2 Å². The Morgan fingerprint density at radius 3 is 2.66 bits per heavy atom. The van der Waals surface area contributed by atoms with Gasteiger partial charge in [-0.25, -0.2) is 4.79 Å². The number of benzene rings is 2. The Hall–Kier alpha value is -1.89. The topological polar surface area (TPSA) is 76.0 Å². The molecule has 3 atom stereocenters. The number of hydrogen-bond acceptors (Lipinski definition) is 5. The number of ether oxygens (including phenoxy) is 2. The van der Waals surface area contributed by atoms with E-state index in [-0.39, 0.29) is 38.4 Å². The fraction of sp³-hybridized carbons (Fsp3) is 0.150. The van der Waals surface area contributed by atoms with E-state index in [1.807, 2.05) is 0 Å². The summed E-state index contributed by atoms with van der Waals surface area (Å²) in [4.78, 5) is 12.8. The molecule has 1 aliphatic carbocycles. The van der Waals surface area contributed by atoms with Gasteiger partial charge in [0.25, 0.3) is 0 Å². The van der Waals surface area contributed by atoms with Crippen LogP contribution in [0.25, 0.3) is 0 Å². The van der Waals surface area contributed by atoms with E-state index in [1.165, 1.54) is 18.2 Å². The summed E-state index contributed by atoms with van der Waals surface area (Å²) in [7, 11) is 0. The first-order chi connectivity index (χ1) is 13.7. The van der Waals surface area contributed by atoms with Crippen LogP contribution >= 0.6 is 46.4 Å². The summed E-state index contributed by atoms with van der Waals surface area (Å²) >= 11 is 25.5. The van der Waals surface area contributed by atoms with Crippen LogP contribution in [-0.4, -0.2) is 26.6 Å². The molecule has 1 spiro atoms. The molecule has 0 amide bonds. The van der Waals surface area contributed by atoms with E-state index in [0.717, 1.165) is 0 Å². The van der Waals surface area contributed by atoms with Crippen LogP contribution in [-0.2, 0) is 10.3 Å². The molecule has 2 heterocycles. The van der Waals surface area contributed by atoms with Crippen molar-refractivity contribution in [1.29, 1.82) is 0 Å². The molecule has 0 bridgehead atoms. The van der Waals surface area contributed by atoms with Crippen LogP contribution in [0.15, 0.2) is 58.8 Å². The average Bonchev–Trinajstić information content (AvgIpc) is 2.93. The number of phenols is 1. The first-order valence-electron chi connectivity index (χ1n) is 8.39. The number of aromatic hydroxyl groups is 1. The normalized spacial score (nSPS) is 29.6. The quantitative estimate of drug-likeness (QED) is 0.427. The van der Waals surface area contributed by atoms with E-state index >= 15 is 0 Å². The number of aliphatic hydroxyl groups is 1. The summed E-state index contributed by atoms with van der Waals surface area (Å²) in [5.74, 6) is -0.458. The maximum atomic E-state index is 12.8. The predicted molar refractivity (Wildman–Crippen MR) is 108 cm³/mol. The van der Waals surface area contributed by atoms with E-state index in [0.29, 0.717) is 11.1 Å². The Bertz CT molecular complexity index is 1170. The molecule has 0 aromatic heterocycles. The van der Waals surface area contributed by atoms with Crippen molar-refractivity contribution in [1.82, 2.24) is 0 Å². The highest BCUT2D eigenvalue weighted by Crippen LogP contribution is 2.60. The molecule has 2 aromatic rings. The Labute approximate surface area is 184 Å². The molecule has 3 aliphatic rings. The van der Waals surface area contributed by atoms with E-state index in [2.05, 4.69) is 0 Å². The molecular formula is C20H10Cl4O5. The minimum absolute atomic E-state index is 0.0445. The van der Waals surface area contributed by atoms with Gasteiger partial charge in [0, 0.05) is 28.3 Å². The highest BCUT2D eigenvalue weighted by Gasteiger charge is 2.60. The van der Waals surface area contributed by atoms with Crippen LogP contribution in [0.1, 0.15) is 21.5 Å². The molecular weight excluding hydrogens is 462 g/mol. The van der Waals surface area contributed by atoms with Crippen LogP contribution in [0.5, 0.6) is 11.5 Å². The second-order valence-corrected chi connectivity index (χ2v) is 8.69. The maximum Gasteiger partial charge on any atom is 0.340 e. The number of alkyl halides is 2. The number of carbonyl (C=O) groups is 1. The second-order valence-electron chi connectivity index (χ2n) is 6.84. The highest BCUT2D eigenvalue weighted by molar-refractivity contribution is 6.42. The highest BCUT2D eigenvalue weighted by atomic mass is 35.5. The molecule has 5 rings (SSSR count).